The zero-order valence-corrected chi connectivity index (χ0v) is 56.0. The van der Waals surface area contributed by atoms with Crippen LogP contribution in [0.1, 0.15) is 70.2 Å². The molecule has 8 rings (SSSR count). The molecule has 8 aromatic carbocycles. The molecule has 0 radical (unpaired) electrons. The first-order valence-corrected chi connectivity index (χ1v) is 31.6. The lowest BCUT2D eigenvalue weighted by Crippen LogP contribution is -2.25. The molecule has 96 heavy (non-hydrogen) atoms. The summed E-state index contributed by atoms with van der Waals surface area (Å²) in [7, 11) is 12.8. The Bertz CT molecular complexity index is 3280. The number of hydrogen-bond donors (Lipinski definition) is 8. The molecule has 0 amide bonds. The molecule has 0 aliphatic rings. The smallest absolute Gasteiger partial charge is 0.122 e. The van der Waals surface area contributed by atoms with Gasteiger partial charge in [-0.1, -0.05) is 0 Å². The second-order valence-electron chi connectivity index (χ2n) is 23.6. The summed E-state index contributed by atoms with van der Waals surface area (Å²) in [6.45, 7) is 3.09. The fourth-order valence-corrected chi connectivity index (χ4v) is 11.8. The molecule has 0 aromatic heterocycles. The van der Waals surface area contributed by atoms with Gasteiger partial charge in [0.1, 0.15) is 92.0 Å². The predicted molar refractivity (Wildman–Crippen MR) is 363 cm³/mol. The Kier molecular flexibility index (Phi) is 29.3. The maximum absolute atomic E-state index is 10.2. The van der Waals surface area contributed by atoms with Crippen LogP contribution in [0.3, 0.4) is 0 Å². The minimum Gasteiger partial charge on any atom is -0.508 e. The van der Waals surface area contributed by atoms with E-state index in [0.717, 1.165) is 70.2 Å². The van der Waals surface area contributed by atoms with Gasteiger partial charge in [-0.3, -0.25) is 0 Å². The molecule has 0 bridgehead atoms. The van der Waals surface area contributed by atoms with E-state index in [9.17, 15) is 40.9 Å². The monoisotopic (exact) mass is 1320 g/mol. The van der Waals surface area contributed by atoms with E-state index in [1.165, 1.54) is 24.3 Å². The Labute approximate surface area is 562 Å². The highest BCUT2D eigenvalue weighted by atomic mass is 16.5. The van der Waals surface area contributed by atoms with Gasteiger partial charge < -0.3 is 97.7 Å². The molecule has 20 nitrogen and oxygen atoms in total. The Morgan fingerprint density at radius 3 is 0.635 bits per heavy atom. The standard InChI is InChI=1S/2C38H46O10/c2*1-43-35-14-27(15-36(20-35)44-2)22-47-7-5-6-29(8-25-10-31(39)18-32(40)11-25)30(9-26-12-33(41)19-34(42)13-26)24-48-23-28-16-37(45-3)21-38(17-28)46-4/h2*10-21,29-30,39-42H,5-9,22-24H2,1-4H3/t2*29-,30+/m10/s1. The molecule has 8 aromatic rings. The average molecular weight is 1330 g/mol. The van der Waals surface area contributed by atoms with Crippen LogP contribution in [0.2, 0.25) is 0 Å². The lowest BCUT2D eigenvalue weighted by atomic mass is 9.80. The highest BCUT2D eigenvalue weighted by Crippen LogP contribution is 2.36. The van der Waals surface area contributed by atoms with Crippen molar-refractivity contribution >= 4 is 0 Å². The van der Waals surface area contributed by atoms with Crippen LogP contribution in [0, 0.1) is 23.7 Å². The molecule has 8 N–H and O–H groups in total. The summed E-state index contributed by atoms with van der Waals surface area (Å²) in [5.74, 6) is 5.12. The van der Waals surface area contributed by atoms with Gasteiger partial charge in [0, 0.05) is 61.7 Å². The molecule has 20 heteroatoms. The zero-order valence-electron chi connectivity index (χ0n) is 56.0. The van der Waals surface area contributed by atoms with Crippen molar-refractivity contribution in [3.8, 4) is 92.0 Å². The quantitative estimate of drug-likeness (QED) is 0.0167. The Hall–Kier alpha value is -9.60. The van der Waals surface area contributed by atoms with Gasteiger partial charge in [0.2, 0.25) is 0 Å². The molecule has 4 atom stereocenters. The SMILES string of the molecule is COc1cc(COCCC[C@@H](Cc2cc(O)cc(O)c2)[C@@H](COCc2cc(OC)cc(OC)c2)Cc2cc(O)cc(O)c2)cc(OC)c1.COc1cc(COCCC[C@H](Cc2cc(O)cc(O)c2)[C@H](COCc2cc(OC)cc(OC)c2)Cc2cc(O)cc(O)c2)cc(OC)c1. The van der Waals surface area contributed by atoms with E-state index in [1.807, 2.05) is 60.7 Å². The van der Waals surface area contributed by atoms with Crippen molar-refractivity contribution in [1.29, 1.82) is 0 Å². The maximum Gasteiger partial charge on any atom is 0.122 e. The topological polar surface area (TPSA) is 273 Å². The second kappa shape index (κ2) is 38.1. The summed E-state index contributed by atoms with van der Waals surface area (Å²) in [4.78, 5) is 0. The van der Waals surface area contributed by atoms with Gasteiger partial charge in [0.05, 0.1) is 96.5 Å². The van der Waals surface area contributed by atoms with Gasteiger partial charge in [-0.25, -0.2) is 0 Å². The lowest BCUT2D eigenvalue weighted by Gasteiger charge is -2.28. The van der Waals surface area contributed by atoms with E-state index in [0.29, 0.717) is 125 Å². The lowest BCUT2D eigenvalue weighted by molar-refractivity contribution is 0.0578. The highest BCUT2D eigenvalue weighted by molar-refractivity contribution is 5.43. The van der Waals surface area contributed by atoms with Gasteiger partial charge in [-0.2, -0.15) is 0 Å². The summed E-state index contributed by atoms with van der Waals surface area (Å²) >= 11 is 0. The van der Waals surface area contributed by atoms with Crippen molar-refractivity contribution in [2.45, 2.75) is 77.8 Å². The molecule has 0 saturated heterocycles. The van der Waals surface area contributed by atoms with E-state index in [4.69, 9.17) is 56.8 Å². The second-order valence-corrected chi connectivity index (χ2v) is 23.6. The Morgan fingerprint density at radius 2 is 0.427 bits per heavy atom. The molecule has 0 saturated carbocycles. The number of aromatic hydroxyl groups is 8. The van der Waals surface area contributed by atoms with Gasteiger partial charge in [-0.15, -0.1) is 0 Å². The number of ether oxygens (including phenoxy) is 12. The first kappa shape index (κ1) is 73.8. The van der Waals surface area contributed by atoms with Crippen LogP contribution in [0.25, 0.3) is 0 Å². The van der Waals surface area contributed by atoms with Crippen LogP contribution >= 0.6 is 0 Å². The summed E-state index contributed by atoms with van der Waals surface area (Å²) in [6.07, 6.45) is 5.03. The predicted octanol–water partition coefficient (Wildman–Crippen LogP) is 13.5. The molecule has 0 aliphatic heterocycles. The molecule has 0 unspecified atom stereocenters. The molecule has 0 heterocycles. The van der Waals surface area contributed by atoms with Gasteiger partial charge in [0.25, 0.3) is 0 Å². The first-order chi connectivity index (χ1) is 46.3. The van der Waals surface area contributed by atoms with Crippen LogP contribution < -0.4 is 37.9 Å². The van der Waals surface area contributed by atoms with E-state index >= 15 is 0 Å². The highest BCUT2D eigenvalue weighted by Gasteiger charge is 2.27. The van der Waals surface area contributed by atoms with Gasteiger partial charge >= 0.3 is 0 Å². The average Bonchev–Trinajstić information content (AvgIpc) is 0.915. The van der Waals surface area contributed by atoms with Crippen molar-refractivity contribution in [1.82, 2.24) is 0 Å². The van der Waals surface area contributed by atoms with E-state index in [-0.39, 0.29) is 69.7 Å². The number of methoxy groups -OCH3 is 8. The normalized spacial score (nSPS) is 12.3. The maximum atomic E-state index is 10.2. The molecule has 0 aliphatic carbocycles. The summed E-state index contributed by atoms with van der Waals surface area (Å²) in [5, 5.41) is 81.8. The van der Waals surface area contributed by atoms with Crippen LogP contribution in [0.5, 0.6) is 92.0 Å². The largest absolute Gasteiger partial charge is 0.508 e. The van der Waals surface area contributed by atoms with E-state index in [1.54, 1.807) is 118 Å². The number of hydrogen-bond acceptors (Lipinski definition) is 20. The number of phenolic OH excluding ortho intramolecular Hbond substituents is 8. The van der Waals surface area contributed by atoms with Crippen molar-refractivity contribution in [2.75, 3.05) is 83.3 Å². The first-order valence-electron chi connectivity index (χ1n) is 31.6. The van der Waals surface area contributed by atoms with E-state index < -0.39 is 0 Å². The third-order valence-electron chi connectivity index (χ3n) is 16.3. The number of benzene rings is 8. The number of phenols is 8. The Balaban J connectivity index is 0.000000271. The molecular weight excluding hydrogens is 1230 g/mol. The molecule has 0 spiro atoms. The van der Waals surface area contributed by atoms with Crippen LogP contribution in [0.15, 0.2) is 146 Å². The fraction of sp³-hybridized carbons (Fsp3) is 0.368. The minimum absolute atomic E-state index is 0.0102. The zero-order chi connectivity index (χ0) is 68.9. The third-order valence-corrected chi connectivity index (χ3v) is 16.3. The number of rotatable bonds is 38. The third kappa shape index (κ3) is 24.6. The van der Waals surface area contributed by atoms with Crippen LogP contribution in [-0.4, -0.2) is 124 Å². The Morgan fingerprint density at radius 1 is 0.229 bits per heavy atom. The summed E-state index contributed by atoms with van der Waals surface area (Å²) in [5.41, 5.74) is 6.72. The van der Waals surface area contributed by atoms with Gasteiger partial charge in [-0.05, 0) is 217 Å². The van der Waals surface area contributed by atoms with Crippen molar-refractivity contribution < 1.29 is 97.7 Å². The van der Waals surface area contributed by atoms with Crippen molar-refractivity contribution in [3.05, 3.63) is 190 Å². The van der Waals surface area contributed by atoms with Crippen molar-refractivity contribution in [3.63, 3.8) is 0 Å². The molecular formula is C76H92O20. The van der Waals surface area contributed by atoms with Crippen LogP contribution in [0.4, 0.5) is 0 Å². The van der Waals surface area contributed by atoms with Crippen LogP contribution in [-0.2, 0) is 71.1 Å². The summed E-state index contributed by atoms with van der Waals surface area (Å²) < 4.78 is 67.9. The minimum atomic E-state index is -0.0779. The summed E-state index contributed by atoms with van der Waals surface area (Å²) in [6, 6.07) is 40.8. The van der Waals surface area contributed by atoms with Crippen molar-refractivity contribution in [2.24, 2.45) is 23.7 Å². The fourth-order valence-electron chi connectivity index (χ4n) is 11.8. The molecule has 516 valence electrons. The van der Waals surface area contributed by atoms with E-state index in [2.05, 4.69) is 0 Å². The molecule has 0 fully saturated rings. The van der Waals surface area contributed by atoms with Gasteiger partial charge in [0.15, 0.2) is 0 Å².